The van der Waals surface area contributed by atoms with Gasteiger partial charge >= 0.3 is 0 Å². The van der Waals surface area contributed by atoms with E-state index in [-0.39, 0.29) is 5.91 Å². The van der Waals surface area contributed by atoms with Gasteiger partial charge in [-0.25, -0.2) is 0 Å². The molecule has 110 valence electrons. The highest BCUT2D eigenvalue weighted by Gasteiger charge is 2.44. The van der Waals surface area contributed by atoms with E-state index in [1.807, 2.05) is 0 Å². The molecular formula is C14H28N4O. The molecule has 0 saturated carbocycles. The van der Waals surface area contributed by atoms with E-state index in [0.717, 1.165) is 58.5 Å². The van der Waals surface area contributed by atoms with Gasteiger partial charge in [0.1, 0.15) is 5.54 Å². The minimum Gasteiger partial charge on any atom is -0.368 e. The molecule has 0 unspecified atom stereocenters. The summed E-state index contributed by atoms with van der Waals surface area (Å²) in [6, 6.07) is 0.552. The van der Waals surface area contributed by atoms with Crippen LogP contribution in [0.5, 0.6) is 0 Å². The molecule has 2 heterocycles. The maximum absolute atomic E-state index is 12.1. The fourth-order valence-electron chi connectivity index (χ4n) is 3.40. The molecule has 2 saturated heterocycles. The molecule has 0 aliphatic carbocycles. The monoisotopic (exact) mass is 268 g/mol. The Morgan fingerprint density at radius 1 is 1.16 bits per heavy atom. The largest absolute Gasteiger partial charge is 0.368 e. The molecule has 19 heavy (non-hydrogen) atoms. The first-order chi connectivity index (χ1) is 9.06. The smallest absolute Gasteiger partial charge is 0.238 e. The van der Waals surface area contributed by atoms with Crippen LogP contribution in [-0.4, -0.2) is 66.6 Å². The fourth-order valence-corrected chi connectivity index (χ4v) is 3.40. The highest BCUT2D eigenvalue weighted by molar-refractivity contribution is 5.84. The molecule has 0 aromatic rings. The van der Waals surface area contributed by atoms with Crippen molar-refractivity contribution in [3.63, 3.8) is 0 Å². The van der Waals surface area contributed by atoms with Gasteiger partial charge in [0.15, 0.2) is 0 Å². The van der Waals surface area contributed by atoms with Crippen LogP contribution >= 0.6 is 0 Å². The first-order valence-electron chi connectivity index (χ1n) is 7.56. The number of likely N-dealkylation sites (tertiary alicyclic amines) is 1. The fraction of sp³-hybridized carbons (Fsp3) is 0.929. The van der Waals surface area contributed by atoms with Gasteiger partial charge in [-0.1, -0.05) is 0 Å². The normalized spacial score (nSPS) is 26.3. The quantitative estimate of drug-likeness (QED) is 0.757. The molecule has 0 bridgehead atoms. The number of carbonyl (C=O) groups is 1. The number of rotatable bonds is 3. The van der Waals surface area contributed by atoms with E-state index in [1.54, 1.807) is 0 Å². The molecule has 0 radical (unpaired) electrons. The molecule has 0 atom stereocenters. The minimum absolute atomic E-state index is 0.127. The highest BCUT2D eigenvalue weighted by atomic mass is 16.1. The van der Waals surface area contributed by atoms with Crippen molar-refractivity contribution in [1.29, 1.82) is 0 Å². The lowest BCUT2D eigenvalue weighted by Gasteiger charge is -2.47. The maximum Gasteiger partial charge on any atom is 0.238 e. The molecule has 2 aliphatic heterocycles. The Morgan fingerprint density at radius 3 is 2.42 bits per heavy atom. The summed E-state index contributed by atoms with van der Waals surface area (Å²) in [7, 11) is 0. The van der Waals surface area contributed by atoms with Gasteiger partial charge in [0.25, 0.3) is 0 Å². The van der Waals surface area contributed by atoms with Crippen LogP contribution in [-0.2, 0) is 4.79 Å². The van der Waals surface area contributed by atoms with Crippen molar-refractivity contribution in [1.82, 2.24) is 15.1 Å². The number of amides is 1. The van der Waals surface area contributed by atoms with Crippen molar-refractivity contribution >= 4 is 5.91 Å². The maximum atomic E-state index is 12.1. The lowest BCUT2D eigenvalue weighted by molar-refractivity contribution is -0.134. The summed E-state index contributed by atoms with van der Waals surface area (Å²) < 4.78 is 0. The van der Waals surface area contributed by atoms with Crippen molar-refractivity contribution in [3.05, 3.63) is 0 Å². The summed E-state index contributed by atoms with van der Waals surface area (Å²) in [6.45, 7) is 10.3. The van der Waals surface area contributed by atoms with Crippen molar-refractivity contribution in [2.24, 2.45) is 5.73 Å². The van der Waals surface area contributed by atoms with Crippen LogP contribution < -0.4 is 11.1 Å². The van der Waals surface area contributed by atoms with E-state index in [2.05, 4.69) is 29.0 Å². The average Bonchev–Trinajstić information content (AvgIpc) is 2.67. The van der Waals surface area contributed by atoms with Gasteiger partial charge in [-0.3, -0.25) is 9.69 Å². The predicted octanol–water partition coefficient (Wildman–Crippen LogP) is 0.0100. The number of piperidine rings is 1. The van der Waals surface area contributed by atoms with Crippen LogP contribution in [0.3, 0.4) is 0 Å². The number of carbonyl (C=O) groups excluding carboxylic acids is 1. The Balaban J connectivity index is 2.08. The number of nitrogens with one attached hydrogen (secondary N) is 1. The molecular weight excluding hydrogens is 240 g/mol. The molecule has 0 aromatic carbocycles. The number of hydrogen-bond donors (Lipinski definition) is 2. The van der Waals surface area contributed by atoms with Gasteiger partial charge in [0.05, 0.1) is 0 Å². The first kappa shape index (κ1) is 14.8. The van der Waals surface area contributed by atoms with Crippen LogP contribution in [0, 0.1) is 0 Å². The van der Waals surface area contributed by atoms with Gasteiger partial charge in [-0.15, -0.1) is 0 Å². The molecule has 2 rings (SSSR count). The molecule has 3 N–H and O–H groups in total. The van der Waals surface area contributed by atoms with E-state index >= 15 is 0 Å². The number of nitrogens with zero attached hydrogens (tertiary/aromatic N) is 2. The van der Waals surface area contributed by atoms with Gasteiger partial charge in [-0.05, 0) is 39.7 Å². The Bertz CT molecular complexity index is 303. The van der Waals surface area contributed by atoms with Crippen molar-refractivity contribution in [2.45, 2.75) is 44.7 Å². The SMILES string of the molecule is CC(C)N1CCC(C(N)=O)(N2CCCNCC2)CC1. The van der Waals surface area contributed by atoms with E-state index in [9.17, 15) is 4.79 Å². The minimum atomic E-state index is -0.405. The highest BCUT2D eigenvalue weighted by Crippen LogP contribution is 2.30. The van der Waals surface area contributed by atoms with E-state index in [0.29, 0.717) is 6.04 Å². The summed E-state index contributed by atoms with van der Waals surface area (Å²) in [6.07, 6.45) is 2.85. The van der Waals surface area contributed by atoms with E-state index in [4.69, 9.17) is 5.73 Å². The number of primary amides is 1. The van der Waals surface area contributed by atoms with Crippen molar-refractivity contribution in [2.75, 3.05) is 39.3 Å². The molecule has 5 heteroatoms. The van der Waals surface area contributed by atoms with Crippen LogP contribution in [0.25, 0.3) is 0 Å². The Kier molecular flexibility index (Phi) is 4.81. The van der Waals surface area contributed by atoms with Crippen molar-refractivity contribution in [3.8, 4) is 0 Å². The van der Waals surface area contributed by atoms with Crippen LogP contribution in [0.1, 0.15) is 33.1 Å². The Hall–Kier alpha value is -0.650. The zero-order chi connectivity index (χ0) is 13.9. The summed E-state index contributed by atoms with van der Waals surface area (Å²) in [5.41, 5.74) is 5.38. The molecule has 0 spiro atoms. The van der Waals surface area contributed by atoms with Crippen LogP contribution in [0.2, 0.25) is 0 Å². The van der Waals surface area contributed by atoms with E-state index < -0.39 is 5.54 Å². The third-order valence-electron chi connectivity index (χ3n) is 4.76. The van der Waals surface area contributed by atoms with Crippen molar-refractivity contribution < 1.29 is 4.79 Å². The third-order valence-corrected chi connectivity index (χ3v) is 4.76. The second kappa shape index (κ2) is 6.20. The van der Waals surface area contributed by atoms with Gasteiger partial charge in [0.2, 0.25) is 5.91 Å². The third kappa shape index (κ3) is 3.09. The second-order valence-electron chi connectivity index (χ2n) is 6.12. The van der Waals surface area contributed by atoms with Gasteiger partial charge in [0, 0.05) is 38.8 Å². The second-order valence-corrected chi connectivity index (χ2v) is 6.12. The lowest BCUT2D eigenvalue weighted by Crippen LogP contribution is -2.63. The predicted molar refractivity (Wildman–Crippen MR) is 76.9 cm³/mol. The van der Waals surface area contributed by atoms with E-state index in [1.165, 1.54) is 0 Å². The zero-order valence-electron chi connectivity index (χ0n) is 12.3. The van der Waals surface area contributed by atoms with Crippen LogP contribution in [0.15, 0.2) is 0 Å². The summed E-state index contributed by atoms with van der Waals surface area (Å²) in [5.74, 6) is -0.127. The molecule has 2 aliphatic rings. The van der Waals surface area contributed by atoms with Gasteiger partial charge in [-0.2, -0.15) is 0 Å². The number of nitrogens with two attached hydrogens (primary N) is 1. The summed E-state index contributed by atoms with van der Waals surface area (Å²) in [4.78, 5) is 16.9. The summed E-state index contributed by atoms with van der Waals surface area (Å²) >= 11 is 0. The topological polar surface area (TPSA) is 61.6 Å². The number of hydrogen-bond acceptors (Lipinski definition) is 4. The molecule has 2 fully saturated rings. The standard InChI is InChI=1S/C14H28N4O/c1-12(2)17-9-4-14(5-10-17,13(15)19)18-8-3-6-16-7-11-18/h12,16H,3-11H2,1-2H3,(H2,15,19). The molecule has 0 aromatic heterocycles. The average molecular weight is 268 g/mol. The first-order valence-corrected chi connectivity index (χ1v) is 7.56. The van der Waals surface area contributed by atoms with Gasteiger partial charge < -0.3 is 16.0 Å². The lowest BCUT2D eigenvalue weighted by atomic mass is 9.84. The zero-order valence-corrected chi connectivity index (χ0v) is 12.3. The Labute approximate surface area is 116 Å². The molecule has 1 amide bonds. The summed E-state index contributed by atoms with van der Waals surface area (Å²) in [5, 5.41) is 3.40. The Morgan fingerprint density at radius 2 is 1.84 bits per heavy atom. The van der Waals surface area contributed by atoms with Crippen LogP contribution in [0.4, 0.5) is 0 Å². The molecule has 5 nitrogen and oxygen atoms in total.